The first kappa shape index (κ1) is 14.8. The number of nitrogens with one attached hydrogen (secondary N) is 1. The van der Waals surface area contributed by atoms with Crippen LogP contribution < -0.4 is 5.43 Å². The molecule has 0 radical (unpaired) electrons. The SMILES string of the molecule is Cc1sc(N/N=C/c2ccc(Cl)cc2)nc1-c1ccccc1. The second-order valence-electron chi connectivity index (χ2n) is 4.71. The second-order valence-corrected chi connectivity index (χ2v) is 6.35. The lowest BCUT2D eigenvalue weighted by molar-refractivity contribution is 1.28. The van der Waals surface area contributed by atoms with E-state index in [-0.39, 0.29) is 0 Å². The number of aromatic nitrogens is 1. The van der Waals surface area contributed by atoms with Crippen molar-refractivity contribution >= 4 is 34.3 Å². The van der Waals surface area contributed by atoms with Gasteiger partial charge in [-0.05, 0) is 24.6 Å². The predicted octanol–water partition coefficient (Wildman–Crippen LogP) is 5.22. The van der Waals surface area contributed by atoms with Gasteiger partial charge >= 0.3 is 0 Å². The number of halogens is 1. The van der Waals surface area contributed by atoms with Crippen LogP contribution >= 0.6 is 22.9 Å². The van der Waals surface area contributed by atoms with E-state index in [0.717, 1.165) is 26.8 Å². The first-order valence-electron chi connectivity index (χ1n) is 6.80. The van der Waals surface area contributed by atoms with Crippen molar-refractivity contribution in [1.82, 2.24) is 4.98 Å². The molecule has 0 atom stereocenters. The first-order chi connectivity index (χ1) is 10.7. The van der Waals surface area contributed by atoms with Gasteiger partial charge in [0.2, 0.25) is 5.13 Å². The van der Waals surface area contributed by atoms with Crippen LogP contribution in [0.25, 0.3) is 11.3 Å². The van der Waals surface area contributed by atoms with Crippen LogP contribution in [0.4, 0.5) is 5.13 Å². The zero-order valence-electron chi connectivity index (χ0n) is 12.0. The van der Waals surface area contributed by atoms with Crippen LogP contribution in [0.5, 0.6) is 0 Å². The molecule has 5 heteroatoms. The van der Waals surface area contributed by atoms with Crippen molar-refractivity contribution in [2.45, 2.75) is 6.92 Å². The minimum atomic E-state index is 0.716. The summed E-state index contributed by atoms with van der Waals surface area (Å²) >= 11 is 7.44. The lowest BCUT2D eigenvalue weighted by Crippen LogP contribution is -1.90. The Morgan fingerprint density at radius 3 is 2.55 bits per heavy atom. The van der Waals surface area contributed by atoms with E-state index in [4.69, 9.17) is 11.6 Å². The minimum Gasteiger partial charge on any atom is -0.253 e. The monoisotopic (exact) mass is 327 g/mol. The molecule has 0 bridgehead atoms. The predicted molar refractivity (Wildman–Crippen MR) is 95.0 cm³/mol. The molecule has 3 rings (SSSR count). The van der Waals surface area contributed by atoms with E-state index in [1.165, 1.54) is 0 Å². The van der Waals surface area contributed by atoms with Crippen LogP contribution in [0.1, 0.15) is 10.4 Å². The van der Waals surface area contributed by atoms with E-state index in [1.807, 2.05) is 42.5 Å². The number of hydrazone groups is 1. The largest absolute Gasteiger partial charge is 0.253 e. The molecule has 3 aromatic rings. The van der Waals surface area contributed by atoms with Crippen molar-refractivity contribution in [2.24, 2.45) is 5.10 Å². The van der Waals surface area contributed by atoms with E-state index in [1.54, 1.807) is 17.6 Å². The fraction of sp³-hybridized carbons (Fsp3) is 0.0588. The summed E-state index contributed by atoms with van der Waals surface area (Å²) in [5, 5.41) is 5.71. The molecule has 0 unspecified atom stereocenters. The summed E-state index contributed by atoms with van der Waals surface area (Å²) in [4.78, 5) is 5.76. The lowest BCUT2D eigenvalue weighted by atomic mass is 10.1. The molecular formula is C17H14ClN3S. The topological polar surface area (TPSA) is 37.3 Å². The van der Waals surface area contributed by atoms with Gasteiger partial charge in [-0.2, -0.15) is 5.10 Å². The third-order valence-corrected chi connectivity index (χ3v) is 4.22. The average molecular weight is 328 g/mol. The number of anilines is 1. The molecule has 0 aliphatic carbocycles. The summed E-state index contributed by atoms with van der Waals surface area (Å²) in [6.07, 6.45) is 1.75. The van der Waals surface area contributed by atoms with Gasteiger partial charge < -0.3 is 0 Å². The molecule has 0 aliphatic rings. The standard InChI is InChI=1S/C17H14ClN3S/c1-12-16(14-5-3-2-4-6-14)20-17(22-12)21-19-11-13-7-9-15(18)10-8-13/h2-11H,1H3,(H,20,21)/b19-11+. The highest BCUT2D eigenvalue weighted by Gasteiger charge is 2.08. The quantitative estimate of drug-likeness (QED) is 0.527. The molecule has 1 heterocycles. The van der Waals surface area contributed by atoms with Gasteiger partial charge in [-0.1, -0.05) is 54.1 Å². The molecule has 0 spiro atoms. The molecule has 110 valence electrons. The van der Waals surface area contributed by atoms with Crippen LogP contribution in [-0.2, 0) is 0 Å². The Balaban J connectivity index is 1.73. The zero-order valence-corrected chi connectivity index (χ0v) is 13.5. The van der Waals surface area contributed by atoms with E-state index in [2.05, 4.69) is 34.6 Å². The number of thiazole rings is 1. The summed E-state index contributed by atoms with van der Waals surface area (Å²) in [5.41, 5.74) is 6.07. The Kier molecular flexibility index (Phi) is 4.51. The van der Waals surface area contributed by atoms with Crippen molar-refractivity contribution in [3.63, 3.8) is 0 Å². The van der Waals surface area contributed by atoms with Gasteiger partial charge in [-0.15, -0.1) is 11.3 Å². The number of nitrogens with zero attached hydrogens (tertiary/aromatic N) is 2. The molecule has 0 aliphatic heterocycles. The Morgan fingerprint density at radius 1 is 1.09 bits per heavy atom. The summed E-state index contributed by atoms with van der Waals surface area (Å²) < 4.78 is 0. The highest BCUT2D eigenvalue weighted by Crippen LogP contribution is 2.30. The fourth-order valence-corrected chi connectivity index (χ4v) is 2.93. The van der Waals surface area contributed by atoms with Crippen LogP contribution in [0.2, 0.25) is 5.02 Å². The van der Waals surface area contributed by atoms with Crippen molar-refractivity contribution < 1.29 is 0 Å². The minimum absolute atomic E-state index is 0.716. The molecular weight excluding hydrogens is 314 g/mol. The number of rotatable bonds is 4. The lowest BCUT2D eigenvalue weighted by Gasteiger charge is -1.97. The zero-order chi connectivity index (χ0) is 15.4. The number of hydrogen-bond acceptors (Lipinski definition) is 4. The number of hydrogen-bond donors (Lipinski definition) is 1. The van der Waals surface area contributed by atoms with Crippen molar-refractivity contribution in [2.75, 3.05) is 5.43 Å². The van der Waals surface area contributed by atoms with Gasteiger partial charge in [0.25, 0.3) is 0 Å². The maximum Gasteiger partial charge on any atom is 0.204 e. The third kappa shape index (κ3) is 3.53. The van der Waals surface area contributed by atoms with E-state index in [9.17, 15) is 0 Å². The number of benzene rings is 2. The normalized spacial score (nSPS) is 11.0. The Morgan fingerprint density at radius 2 is 1.82 bits per heavy atom. The maximum atomic E-state index is 5.85. The molecule has 2 aromatic carbocycles. The number of aryl methyl sites for hydroxylation is 1. The second kappa shape index (κ2) is 6.73. The van der Waals surface area contributed by atoms with Crippen molar-refractivity contribution in [1.29, 1.82) is 0 Å². The van der Waals surface area contributed by atoms with E-state index >= 15 is 0 Å². The van der Waals surface area contributed by atoms with E-state index < -0.39 is 0 Å². The van der Waals surface area contributed by atoms with E-state index in [0.29, 0.717) is 5.02 Å². The Hall–Kier alpha value is -2.17. The third-order valence-electron chi connectivity index (χ3n) is 3.09. The molecule has 3 nitrogen and oxygen atoms in total. The molecule has 0 amide bonds. The molecule has 0 saturated carbocycles. The molecule has 0 fully saturated rings. The maximum absolute atomic E-state index is 5.85. The van der Waals surface area contributed by atoms with Crippen LogP contribution in [0.3, 0.4) is 0 Å². The summed E-state index contributed by atoms with van der Waals surface area (Å²) in [6, 6.07) is 17.6. The van der Waals surface area contributed by atoms with Crippen molar-refractivity contribution in [3.05, 3.63) is 70.1 Å². The first-order valence-corrected chi connectivity index (χ1v) is 7.99. The average Bonchev–Trinajstić information content (AvgIpc) is 2.91. The van der Waals surface area contributed by atoms with Gasteiger partial charge in [0, 0.05) is 15.5 Å². The van der Waals surface area contributed by atoms with Gasteiger partial charge in [0.15, 0.2) is 0 Å². The van der Waals surface area contributed by atoms with Crippen molar-refractivity contribution in [3.8, 4) is 11.3 Å². The Bertz CT molecular complexity index is 779. The van der Waals surface area contributed by atoms with Gasteiger partial charge in [-0.3, -0.25) is 5.43 Å². The molecule has 22 heavy (non-hydrogen) atoms. The van der Waals surface area contributed by atoms with Gasteiger partial charge in [0.05, 0.1) is 11.9 Å². The fourth-order valence-electron chi connectivity index (χ4n) is 2.02. The summed E-state index contributed by atoms with van der Waals surface area (Å²) in [5.74, 6) is 0. The van der Waals surface area contributed by atoms with Crippen LogP contribution in [0.15, 0.2) is 59.7 Å². The summed E-state index contributed by atoms with van der Waals surface area (Å²) in [7, 11) is 0. The molecule has 0 saturated heterocycles. The highest BCUT2D eigenvalue weighted by atomic mass is 35.5. The molecule has 1 N–H and O–H groups in total. The smallest absolute Gasteiger partial charge is 0.204 e. The van der Waals surface area contributed by atoms with Crippen LogP contribution in [-0.4, -0.2) is 11.2 Å². The summed E-state index contributed by atoms with van der Waals surface area (Å²) in [6.45, 7) is 2.06. The van der Waals surface area contributed by atoms with Crippen LogP contribution in [0, 0.1) is 6.92 Å². The molecule has 1 aromatic heterocycles. The Labute approximate surface area is 138 Å². The van der Waals surface area contributed by atoms with Gasteiger partial charge in [-0.25, -0.2) is 4.98 Å². The van der Waals surface area contributed by atoms with Gasteiger partial charge in [0.1, 0.15) is 0 Å². The highest BCUT2D eigenvalue weighted by molar-refractivity contribution is 7.15.